The van der Waals surface area contributed by atoms with E-state index in [1.165, 1.54) is 5.39 Å². The van der Waals surface area contributed by atoms with Gasteiger partial charge in [0.1, 0.15) is 6.79 Å². The van der Waals surface area contributed by atoms with Crippen molar-refractivity contribution >= 4 is 29.0 Å². The summed E-state index contributed by atoms with van der Waals surface area (Å²) in [5.74, 6) is 0. The topological polar surface area (TPSA) is 30.0 Å². The van der Waals surface area contributed by atoms with E-state index in [0.717, 1.165) is 5.52 Å². The molecule has 17 heavy (non-hydrogen) atoms. The fourth-order valence-electron chi connectivity index (χ4n) is 1.24. The van der Waals surface area contributed by atoms with Gasteiger partial charge in [-0.25, -0.2) is 0 Å². The quantitative estimate of drug-likeness (QED) is 0.601. The largest absolute Gasteiger partial charge is 0.307 e. The van der Waals surface area contributed by atoms with Crippen LogP contribution in [0.25, 0.3) is 10.9 Å². The molecule has 0 N–H and O–H groups in total. The Kier molecular flexibility index (Phi) is 6.29. The van der Waals surface area contributed by atoms with Crippen LogP contribution >= 0.6 is 11.3 Å². The van der Waals surface area contributed by atoms with Gasteiger partial charge in [-0.3, -0.25) is 4.98 Å². The lowest BCUT2D eigenvalue weighted by Crippen LogP contribution is -1.73. The number of thiophene rings is 1. The van der Waals surface area contributed by atoms with E-state index < -0.39 is 0 Å². The Hall–Kier alpha value is -2.00. The maximum Gasteiger partial charge on any atom is 0.106 e. The number of pyridine rings is 1. The van der Waals surface area contributed by atoms with Gasteiger partial charge >= 0.3 is 0 Å². The summed E-state index contributed by atoms with van der Waals surface area (Å²) in [6, 6.07) is 16.1. The third-order valence-corrected chi connectivity index (χ3v) is 2.57. The van der Waals surface area contributed by atoms with E-state index in [2.05, 4.69) is 17.1 Å². The van der Waals surface area contributed by atoms with Crippen molar-refractivity contribution in [3.63, 3.8) is 0 Å². The molecule has 0 unspecified atom stereocenters. The van der Waals surface area contributed by atoms with E-state index in [9.17, 15) is 0 Å². The van der Waals surface area contributed by atoms with E-state index in [-0.39, 0.29) is 0 Å². The zero-order valence-electron chi connectivity index (χ0n) is 9.32. The molecule has 0 saturated carbocycles. The lowest BCUT2D eigenvalue weighted by molar-refractivity contribution is -0.0979. The molecule has 0 spiro atoms. The van der Waals surface area contributed by atoms with Gasteiger partial charge in [-0.15, -0.1) is 0 Å². The summed E-state index contributed by atoms with van der Waals surface area (Å²) >= 11 is 1.71. The van der Waals surface area contributed by atoms with Crippen molar-refractivity contribution in [3.05, 3.63) is 65.5 Å². The minimum Gasteiger partial charge on any atom is -0.307 e. The van der Waals surface area contributed by atoms with Gasteiger partial charge in [-0.1, -0.05) is 36.4 Å². The number of hydrogen-bond donors (Lipinski definition) is 0. The lowest BCUT2D eigenvalue weighted by Gasteiger charge is -1.91. The first-order valence-electron chi connectivity index (χ1n) is 5.02. The van der Waals surface area contributed by atoms with E-state index in [0.29, 0.717) is 0 Å². The number of para-hydroxylation sites is 1. The molecule has 0 bridgehead atoms. The second kappa shape index (κ2) is 8.19. The first kappa shape index (κ1) is 13.1. The fraction of sp³-hybridized carbons (Fsp3) is 0. The second-order valence-corrected chi connectivity index (χ2v) is 3.81. The Morgan fingerprint density at radius 2 is 1.53 bits per heavy atom. The first-order chi connectivity index (χ1) is 8.47. The van der Waals surface area contributed by atoms with Crippen LogP contribution in [0.2, 0.25) is 0 Å². The van der Waals surface area contributed by atoms with E-state index >= 15 is 0 Å². The van der Waals surface area contributed by atoms with E-state index in [4.69, 9.17) is 4.79 Å². The van der Waals surface area contributed by atoms with Crippen molar-refractivity contribution < 1.29 is 4.79 Å². The predicted molar refractivity (Wildman–Crippen MR) is 73.2 cm³/mol. The highest BCUT2D eigenvalue weighted by Crippen LogP contribution is 2.07. The second-order valence-electron chi connectivity index (χ2n) is 2.99. The third kappa shape index (κ3) is 4.57. The highest BCUT2D eigenvalue weighted by atomic mass is 32.1. The molecule has 0 fully saturated rings. The lowest BCUT2D eigenvalue weighted by atomic mass is 10.2. The molecule has 2 nitrogen and oxygen atoms in total. The fourth-order valence-corrected chi connectivity index (χ4v) is 1.70. The highest BCUT2D eigenvalue weighted by Gasteiger charge is 1.86. The molecule has 0 amide bonds. The minimum atomic E-state index is 1.06. The van der Waals surface area contributed by atoms with Gasteiger partial charge in [0.15, 0.2) is 0 Å². The summed E-state index contributed by atoms with van der Waals surface area (Å²) < 4.78 is 0. The van der Waals surface area contributed by atoms with Crippen LogP contribution in [-0.2, 0) is 4.79 Å². The number of carbonyl (C=O) groups excluding carboxylic acids is 1. The Labute approximate surface area is 105 Å². The Bertz CT molecular complexity index is 440. The SMILES string of the molecule is C=O.c1ccc2ncccc2c1.c1ccsc1. The molecule has 2 aromatic heterocycles. The first-order valence-corrected chi connectivity index (χ1v) is 5.97. The molecule has 0 saturated heterocycles. The van der Waals surface area contributed by atoms with Gasteiger partial charge in [0.25, 0.3) is 0 Å². The van der Waals surface area contributed by atoms with Gasteiger partial charge < -0.3 is 4.79 Å². The molecule has 0 atom stereocenters. The van der Waals surface area contributed by atoms with Crippen molar-refractivity contribution in [2.45, 2.75) is 0 Å². The summed E-state index contributed by atoms with van der Waals surface area (Å²) in [6.07, 6.45) is 1.81. The van der Waals surface area contributed by atoms with Crippen LogP contribution in [0.15, 0.2) is 65.5 Å². The van der Waals surface area contributed by atoms with Crippen LogP contribution in [0.3, 0.4) is 0 Å². The molecule has 86 valence electrons. The number of rotatable bonds is 0. The normalized spacial score (nSPS) is 8.47. The van der Waals surface area contributed by atoms with Crippen molar-refractivity contribution in [3.8, 4) is 0 Å². The van der Waals surface area contributed by atoms with E-state index in [1.54, 1.807) is 11.3 Å². The molecule has 0 aliphatic heterocycles. The highest BCUT2D eigenvalue weighted by molar-refractivity contribution is 7.07. The number of nitrogens with zero attached hydrogens (tertiary/aromatic N) is 1. The van der Waals surface area contributed by atoms with Crippen LogP contribution in [-0.4, -0.2) is 11.8 Å². The van der Waals surface area contributed by atoms with Crippen LogP contribution in [0.1, 0.15) is 0 Å². The predicted octanol–water partition coefficient (Wildman–Crippen LogP) is 3.80. The maximum absolute atomic E-state index is 8.00. The van der Waals surface area contributed by atoms with Crippen molar-refractivity contribution in [1.82, 2.24) is 4.98 Å². The van der Waals surface area contributed by atoms with Crippen molar-refractivity contribution in [1.29, 1.82) is 0 Å². The molecule has 3 rings (SSSR count). The number of benzene rings is 1. The van der Waals surface area contributed by atoms with Crippen LogP contribution in [0, 0.1) is 0 Å². The summed E-state index contributed by atoms with van der Waals surface area (Å²) in [6.45, 7) is 2.00. The molecular formula is C14H13NOS. The average molecular weight is 243 g/mol. The Balaban J connectivity index is 0.000000175. The van der Waals surface area contributed by atoms with Gasteiger partial charge in [0, 0.05) is 11.6 Å². The molecule has 3 aromatic rings. The monoisotopic (exact) mass is 243 g/mol. The van der Waals surface area contributed by atoms with Crippen molar-refractivity contribution in [2.24, 2.45) is 0 Å². The standard InChI is InChI=1S/C9H7N.C4H4S.CH2O/c1-2-6-9-8(4-1)5-3-7-10-9;1-2-4-5-3-1;1-2/h1-7H;1-4H;1H2. The molecule has 0 aliphatic rings. The van der Waals surface area contributed by atoms with Gasteiger partial charge in [-0.05, 0) is 22.9 Å². The smallest absolute Gasteiger partial charge is 0.106 e. The Morgan fingerprint density at radius 1 is 0.882 bits per heavy atom. The maximum atomic E-state index is 8.00. The number of carbonyl (C=O) groups is 1. The van der Waals surface area contributed by atoms with Crippen LogP contribution in [0.4, 0.5) is 0 Å². The number of fused-ring (bicyclic) bond motifs is 1. The van der Waals surface area contributed by atoms with Crippen LogP contribution in [0.5, 0.6) is 0 Å². The summed E-state index contributed by atoms with van der Waals surface area (Å²) in [5.41, 5.74) is 1.06. The van der Waals surface area contributed by atoms with E-state index in [1.807, 2.05) is 60.1 Å². The zero-order valence-corrected chi connectivity index (χ0v) is 10.1. The van der Waals surface area contributed by atoms with Gasteiger partial charge in [0.05, 0.1) is 5.52 Å². The molecular weight excluding hydrogens is 230 g/mol. The Morgan fingerprint density at radius 3 is 2.12 bits per heavy atom. The summed E-state index contributed by atoms with van der Waals surface area (Å²) in [4.78, 5) is 12.2. The van der Waals surface area contributed by atoms with Gasteiger partial charge in [0.2, 0.25) is 0 Å². The third-order valence-electron chi connectivity index (χ3n) is 1.94. The molecule has 3 heteroatoms. The average Bonchev–Trinajstić information content (AvgIpc) is 3.00. The zero-order chi connectivity index (χ0) is 12.3. The van der Waals surface area contributed by atoms with Crippen molar-refractivity contribution in [2.75, 3.05) is 0 Å². The molecule has 0 aliphatic carbocycles. The minimum absolute atomic E-state index is 1.06. The summed E-state index contributed by atoms with van der Waals surface area (Å²) in [7, 11) is 0. The molecule has 0 radical (unpaired) electrons. The number of aromatic nitrogens is 1. The number of hydrogen-bond acceptors (Lipinski definition) is 3. The molecule has 2 heterocycles. The van der Waals surface area contributed by atoms with Gasteiger partial charge in [-0.2, -0.15) is 11.3 Å². The van der Waals surface area contributed by atoms with Crippen LogP contribution < -0.4 is 0 Å². The molecule has 1 aromatic carbocycles. The summed E-state index contributed by atoms with van der Waals surface area (Å²) in [5, 5.41) is 5.28.